The summed E-state index contributed by atoms with van der Waals surface area (Å²) in [6, 6.07) is 2.81. The van der Waals surface area contributed by atoms with Crippen LogP contribution in [0.15, 0.2) is 24.3 Å². The van der Waals surface area contributed by atoms with Gasteiger partial charge in [-0.05, 0) is 37.8 Å². The summed E-state index contributed by atoms with van der Waals surface area (Å²) in [5.41, 5.74) is 1.82. The van der Waals surface area contributed by atoms with Crippen molar-refractivity contribution in [2.45, 2.75) is 57.0 Å². The van der Waals surface area contributed by atoms with E-state index in [0.717, 1.165) is 0 Å². The van der Waals surface area contributed by atoms with Gasteiger partial charge >= 0.3 is 5.97 Å². The standard InChI is InChI=1S/C29H43N5O13/c35-15-19(14-24(39)20-6-1-2-8-23(20)38)28(44)33-22(16-36)25(40)13-18(5-4-12-34(47)17-37)27(43)32-21(7-3-10-31-46)29(45)30-11-9-26(41)42/h1-2,6,8,17-19,21-22,31,35-36,38,46-47H,3-5,7,9-16H2,(H,30,45)(H,32,43)(H,33,44)(H,41,42). The molecule has 0 bridgehead atoms. The third-order valence-corrected chi connectivity index (χ3v) is 7.05. The van der Waals surface area contributed by atoms with Crippen LogP contribution in [-0.4, -0.2) is 123 Å². The van der Waals surface area contributed by atoms with E-state index in [9.17, 15) is 54.1 Å². The first-order valence-electron chi connectivity index (χ1n) is 14.8. The topological polar surface area (TPSA) is 292 Å². The number of phenols is 1. The molecule has 18 nitrogen and oxygen atoms in total. The van der Waals surface area contributed by atoms with Gasteiger partial charge in [0.1, 0.15) is 17.8 Å². The van der Waals surface area contributed by atoms with E-state index in [1.165, 1.54) is 24.3 Å². The van der Waals surface area contributed by atoms with Crippen molar-refractivity contribution in [1.82, 2.24) is 26.5 Å². The highest BCUT2D eigenvalue weighted by atomic mass is 16.5. The molecule has 0 spiro atoms. The number of nitrogens with one attached hydrogen (secondary N) is 4. The predicted molar refractivity (Wildman–Crippen MR) is 160 cm³/mol. The van der Waals surface area contributed by atoms with Crippen molar-refractivity contribution >= 4 is 41.7 Å². The Balaban J connectivity index is 3.06. The Hall–Kier alpha value is -4.49. The first-order chi connectivity index (χ1) is 22.4. The Morgan fingerprint density at radius 2 is 1.49 bits per heavy atom. The maximum absolute atomic E-state index is 13.3. The molecular formula is C29H43N5O13. The van der Waals surface area contributed by atoms with E-state index in [1.54, 1.807) is 0 Å². The van der Waals surface area contributed by atoms with Gasteiger partial charge in [0.15, 0.2) is 11.6 Å². The molecular weight excluding hydrogens is 626 g/mol. The molecule has 18 heteroatoms. The van der Waals surface area contributed by atoms with Crippen LogP contribution >= 0.6 is 0 Å². The molecule has 262 valence electrons. The van der Waals surface area contributed by atoms with Gasteiger partial charge in [-0.1, -0.05) is 12.1 Å². The zero-order valence-electron chi connectivity index (χ0n) is 25.7. The Labute approximate surface area is 270 Å². The van der Waals surface area contributed by atoms with Gasteiger partial charge < -0.3 is 41.6 Å². The highest BCUT2D eigenvalue weighted by Crippen LogP contribution is 2.20. The number of aliphatic hydroxyl groups excluding tert-OH is 2. The zero-order chi connectivity index (χ0) is 35.4. The molecule has 1 aromatic carbocycles. The number of carboxylic acid groups (broad SMARTS) is 1. The van der Waals surface area contributed by atoms with E-state index in [2.05, 4.69) is 16.0 Å². The van der Waals surface area contributed by atoms with E-state index in [1.807, 2.05) is 5.48 Å². The highest BCUT2D eigenvalue weighted by molar-refractivity contribution is 6.01. The monoisotopic (exact) mass is 669 g/mol. The molecule has 0 aliphatic heterocycles. The van der Waals surface area contributed by atoms with Crippen molar-refractivity contribution in [1.29, 1.82) is 0 Å². The van der Waals surface area contributed by atoms with Gasteiger partial charge in [0, 0.05) is 38.4 Å². The lowest BCUT2D eigenvalue weighted by Gasteiger charge is -2.24. The number of aliphatic carboxylic acids is 1. The summed E-state index contributed by atoms with van der Waals surface area (Å²) in [5, 5.41) is 64.1. The average molecular weight is 670 g/mol. The Morgan fingerprint density at radius 3 is 2.09 bits per heavy atom. The molecule has 47 heavy (non-hydrogen) atoms. The molecule has 4 atom stereocenters. The van der Waals surface area contributed by atoms with Crippen LogP contribution in [-0.2, 0) is 28.8 Å². The molecule has 0 aliphatic rings. The first kappa shape index (κ1) is 40.5. The van der Waals surface area contributed by atoms with Gasteiger partial charge in [0.05, 0.1) is 31.1 Å². The predicted octanol–water partition coefficient (Wildman–Crippen LogP) is -1.91. The fraction of sp³-hybridized carbons (Fsp3) is 0.552. The lowest BCUT2D eigenvalue weighted by atomic mass is 9.92. The van der Waals surface area contributed by atoms with E-state index in [4.69, 9.17) is 10.3 Å². The van der Waals surface area contributed by atoms with Crippen LogP contribution < -0.4 is 21.4 Å². The van der Waals surface area contributed by atoms with Crippen LogP contribution in [0.3, 0.4) is 0 Å². The van der Waals surface area contributed by atoms with Gasteiger partial charge in [0.2, 0.25) is 24.1 Å². The molecule has 0 aliphatic carbocycles. The largest absolute Gasteiger partial charge is 0.507 e. The number of phenolic OH excluding ortho intramolecular Hbond substituents is 1. The maximum atomic E-state index is 13.3. The van der Waals surface area contributed by atoms with Crippen molar-refractivity contribution in [2.24, 2.45) is 11.8 Å². The fourth-order valence-corrected chi connectivity index (χ4v) is 4.42. The molecule has 0 saturated carbocycles. The first-order valence-corrected chi connectivity index (χ1v) is 14.8. The Kier molecular flexibility index (Phi) is 19.1. The van der Waals surface area contributed by atoms with Gasteiger partial charge in [0.25, 0.3) is 0 Å². The lowest BCUT2D eigenvalue weighted by molar-refractivity contribution is -0.150. The number of hydroxylamine groups is 3. The maximum Gasteiger partial charge on any atom is 0.305 e. The normalized spacial score (nSPS) is 13.4. The van der Waals surface area contributed by atoms with E-state index in [-0.39, 0.29) is 69.5 Å². The summed E-state index contributed by atoms with van der Waals surface area (Å²) >= 11 is 0. The zero-order valence-corrected chi connectivity index (χ0v) is 25.7. The summed E-state index contributed by atoms with van der Waals surface area (Å²) in [6.45, 7) is -2.11. The van der Waals surface area contributed by atoms with Crippen LogP contribution in [0.2, 0.25) is 0 Å². The lowest BCUT2D eigenvalue weighted by Crippen LogP contribution is -2.50. The number of benzene rings is 1. The summed E-state index contributed by atoms with van der Waals surface area (Å²) in [5.74, 6) is -8.02. The van der Waals surface area contributed by atoms with Crippen molar-refractivity contribution in [2.75, 3.05) is 32.8 Å². The van der Waals surface area contributed by atoms with Crippen LogP contribution in [0.5, 0.6) is 5.75 Å². The Morgan fingerprint density at radius 1 is 0.830 bits per heavy atom. The average Bonchev–Trinajstić information content (AvgIpc) is 3.04. The number of hydrogen-bond acceptors (Lipinski definition) is 13. The van der Waals surface area contributed by atoms with Crippen molar-refractivity contribution in [3.8, 4) is 5.75 Å². The van der Waals surface area contributed by atoms with Crippen molar-refractivity contribution in [3.63, 3.8) is 0 Å². The minimum atomic E-state index is -1.57. The second-order valence-electron chi connectivity index (χ2n) is 10.6. The number of nitrogens with zero attached hydrogens (tertiary/aromatic N) is 1. The number of aromatic hydroxyl groups is 1. The van der Waals surface area contributed by atoms with Crippen LogP contribution in [0, 0.1) is 11.8 Å². The number of hydrogen-bond donors (Lipinski definition) is 10. The number of carbonyl (C=O) groups is 7. The number of para-hydroxylation sites is 1. The number of rotatable bonds is 25. The molecule has 0 aromatic heterocycles. The highest BCUT2D eigenvalue weighted by Gasteiger charge is 2.32. The summed E-state index contributed by atoms with van der Waals surface area (Å²) in [4.78, 5) is 86.3. The smallest absolute Gasteiger partial charge is 0.305 e. The van der Waals surface area contributed by atoms with Crippen LogP contribution in [0.4, 0.5) is 0 Å². The van der Waals surface area contributed by atoms with Crippen LogP contribution in [0.1, 0.15) is 55.3 Å². The number of amides is 4. The molecule has 0 heterocycles. The van der Waals surface area contributed by atoms with Gasteiger partial charge in [-0.2, -0.15) is 0 Å². The van der Waals surface area contributed by atoms with Gasteiger partial charge in [-0.3, -0.25) is 38.8 Å². The molecule has 10 N–H and O–H groups in total. The number of Topliss-reactive ketones (excluding diaryl/α,β-unsaturated/α-hetero) is 2. The molecule has 1 rings (SSSR count). The van der Waals surface area contributed by atoms with E-state index in [0.29, 0.717) is 5.06 Å². The van der Waals surface area contributed by atoms with Crippen LogP contribution in [0.25, 0.3) is 0 Å². The van der Waals surface area contributed by atoms with E-state index < -0.39 is 85.2 Å². The minimum absolute atomic E-state index is 0.00573. The van der Waals surface area contributed by atoms with Crippen molar-refractivity contribution in [3.05, 3.63) is 29.8 Å². The summed E-state index contributed by atoms with van der Waals surface area (Å²) < 4.78 is 0. The molecule has 4 unspecified atom stereocenters. The molecule has 4 amide bonds. The van der Waals surface area contributed by atoms with Gasteiger partial charge in [-0.25, -0.2) is 10.5 Å². The fourth-order valence-electron chi connectivity index (χ4n) is 4.42. The number of aliphatic hydroxyl groups is 2. The Bertz CT molecular complexity index is 1210. The molecule has 0 saturated heterocycles. The quantitative estimate of drug-likeness (QED) is 0.0179. The van der Waals surface area contributed by atoms with Gasteiger partial charge in [-0.15, -0.1) is 0 Å². The SMILES string of the molecule is O=CN(O)CCCC(CC(=O)C(CO)NC(=O)C(CO)CC(=O)c1ccccc1O)C(=O)NC(CCCNO)C(=O)NCCC(=O)O. The molecule has 1 aromatic rings. The third kappa shape index (κ3) is 15.1. The minimum Gasteiger partial charge on any atom is -0.507 e. The van der Waals surface area contributed by atoms with E-state index >= 15 is 0 Å². The molecule has 0 fully saturated rings. The molecule has 0 radical (unpaired) electrons. The summed E-state index contributed by atoms with van der Waals surface area (Å²) in [6.07, 6.45) is -1.26. The second-order valence-corrected chi connectivity index (χ2v) is 10.6. The third-order valence-electron chi connectivity index (χ3n) is 7.05. The van der Waals surface area contributed by atoms with Crippen molar-refractivity contribution < 1.29 is 64.4 Å². The second kappa shape index (κ2) is 22.1. The number of ketones is 2. The summed E-state index contributed by atoms with van der Waals surface area (Å²) in [7, 11) is 0. The number of carboxylic acids is 1. The number of carbonyl (C=O) groups excluding carboxylic acids is 6.